The molecule has 1 fully saturated rings. The Balaban J connectivity index is 1.81. The summed E-state index contributed by atoms with van der Waals surface area (Å²) in [6, 6.07) is 4.93. The molecule has 0 spiro atoms. The fourth-order valence-corrected chi connectivity index (χ4v) is 2.31. The third-order valence-corrected chi connectivity index (χ3v) is 3.41. The van der Waals surface area contributed by atoms with Crippen LogP contribution in [0.1, 0.15) is 25.3 Å². The molecular formula is C15H20F3NO2. The van der Waals surface area contributed by atoms with E-state index in [2.05, 4.69) is 5.32 Å². The predicted octanol–water partition coefficient (Wildman–Crippen LogP) is 3.24. The number of ether oxygens (including phenoxy) is 2. The van der Waals surface area contributed by atoms with E-state index in [0.29, 0.717) is 0 Å². The first-order valence-electron chi connectivity index (χ1n) is 7.15. The minimum absolute atomic E-state index is 0.0526. The molecule has 1 aliphatic rings. The van der Waals surface area contributed by atoms with Crippen molar-refractivity contribution < 1.29 is 22.6 Å². The molecule has 1 heterocycles. The molecule has 1 aromatic rings. The maximum atomic E-state index is 12.6. The Kier molecular flexibility index (Phi) is 5.47. The monoisotopic (exact) mass is 303 g/mol. The minimum Gasteiger partial charge on any atom is -0.491 e. The Labute approximate surface area is 122 Å². The summed E-state index contributed by atoms with van der Waals surface area (Å²) in [7, 11) is 0. The molecule has 0 aromatic heterocycles. The number of likely N-dealkylation sites (N-methyl/N-ethyl adjacent to an activating group) is 1. The lowest BCUT2D eigenvalue weighted by Gasteiger charge is -2.15. The number of rotatable bonds is 6. The van der Waals surface area contributed by atoms with E-state index in [4.69, 9.17) is 9.47 Å². The van der Waals surface area contributed by atoms with E-state index < -0.39 is 11.7 Å². The zero-order chi connectivity index (χ0) is 15.3. The third kappa shape index (κ3) is 4.89. The Morgan fingerprint density at radius 1 is 1.29 bits per heavy atom. The molecule has 0 aliphatic carbocycles. The number of halogens is 3. The van der Waals surface area contributed by atoms with Crippen LogP contribution in [0.4, 0.5) is 13.2 Å². The van der Waals surface area contributed by atoms with Gasteiger partial charge in [-0.05, 0) is 37.6 Å². The van der Waals surface area contributed by atoms with Crippen molar-refractivity contribution in [3.8, 4) is 5.75 Å². The summed E-state index contributed by atoms with van der Waals surface area (Å²) in [5, 5.41) is 3.22. The van der Waals surface area contributed by atoms with Crippen LogP contribution in [0.5, 0.6) is 5.75 Å². The lowest BCUT2D eigenvalue weighted by molar-refractivity contribution is -0.137. The van der Waals surface area contributed by atoms with Crippen LogP contribution in [0, 0.1) is 0 Å². The lowest BCUT2D eigenvalue weighted by atomic mass is 10.2. The normalized spacial score (nSPS) is 22.5. The SMILES string of the molecule is CCNCC1CCC(COc2cccc(C(F)(F)F)c2)O1. The molecule has 1 aliphatic heterocycles. The fourth-order valence-electron chi connectivity index (χ4n) is 2.31. The van der Waals surface area contributed by atoms with E-state index >= 15 is 0 Å². The molecule has 0 saturated carbocycles. The van der Waals surface area contributed by atoms with Crippen LogP contribution >= 0.6 is 0 Å². The highest BCUT2D eigenvalue weighted by Gasteiger charge is 2.31. The lowest BCUT2D eigenvalue weighted by Crippen LogP contribution is -2.28. The standard InChI is InChI=1S/C15H20F3NO2/c1-2-19-9-13-6-7-14(21-13)10-20-12-5-3-4-11(8-12)15(16,17)18/h3-5,8,13-14,19H,2,6-7,9-10H2,1H3. The summed E-state index contributed by atoms with van der Waals surface area (Å²) in [5.41, 5.74) is -0.697. The molecular weight excluding hydrogens is 283 g/mol. The highest BCUT2D eigenvalue weighted by Crippen LogP contribution is 2.31. The number of hydrogen-bond acceptors (Lipinski definition) is 3. The summed E-state index contributed by atoms with van der Waals surface area (Å²) < 4.78 is 49.0. The van der Waals surface area contributed by atoms with Crippen molar-refractivity contribution in [2.45, 2.75) is 38.1 Å². The minimum atomic E-state index is -4.35. The molecule has 6 heteroatoms. The van der Waals surface area contributed by atoms with E-state index in [1.54, 1.807) is 0 Å². The topological polar surface area (TPSA) is 30.5 Å². The summed E-state index contributed by atoms with van der Waals surface area (Å²) in [5.74, 6) is 0.226. The van der Waals surface area contributed by atoms with Gasteiger partial charge in [-0.1, -0.05) is 13.0 Å². The van der Waals surface area contributed by atoms with Gasteiger partial charge in [0.25, 0.3) is 0 Å². The Bertz CT molecular complexity index is 451. The van der Waals surface area contributed by atoms with Gasteiger partial charge in [-0.2, -0.15) is 13.2 Å². The van der Waals surface area contributed by atoms with Crippen molar-refractivity contribution in [1.29, 1.82) is 0 Å². The molecule has 2 atom stereocenters. The summed E-state index contributed by atoms with van der Waals surface area (Å²) in [6.07, 6.45) is -2.41. The number of benzene rings is 1. The molecule has 0 amide bonds. The number of nitrogens with one attached hydrogen (secondary N) is 1. The van der Waals surface area contributed by atoms with Crippen LogP contribution in [-0.2, 0) is 10.9 Å². The molecule has 3 nitrogen and oxygen atoms in total. The van der Waals surface area contributed by atoms with Gasteiger partial charge < -0.3 is 14.8 Å². The summed E-state index contributed by atoms with van der Waals surface area (Å²) in [6.45, 7) is 4.01. The van der Waals surface area contributed by atoms with Gasteiger partial charge in [0.1, 0.15) is 12.4 Å². The zero-order valence-corrected chi connectivity index (χ0v) is 12.0. The van der Waals surface area contributed by atoms with Crippen molar-refractivity contribution in [2.24, 2.45) is 0 Å². The van der Waals surface area contributed by atoms with E-state index in [0.717, 1.165) is 38.1 Å². The highest BCUT2D eigenvalue weighted by atomic mass is 19.4. The van der Waals surface area contributed by atoms with Crippen molar-refractivity contribution in [3.63, 3.8) is 0 Å². The van der Waals surface area contributed by atoms with E-state index in [1.807, 2.05) is 6.92 Å². The van der Waals surface area contributed by atoms with Crippen LogP contribution in [0.3, 0.4) is 0 Å². The first-order chi connectivity index (χ1) is 9.99. The molecule has 1 N–H and O–H groups in total. The molecule has 0 radical (unpaired) electrons. The molecule has 1 saturated heterocycles. The van der Waals surface area contributed by atoms with E-state index in [1.165, 1.54) is 12.1 Å². The molecule has 2 unspecified atom stereocenters. The second kappa shape index (κ2) is 7.13. The second-order valence-electron chi connectivity index (χ2n) is 5.10. The van der Waals surface area contributed by atoms with Crippen LogP contribution in [0.2, 0.25) is 0 Å². The van der Waals surface area contributed by atoms with Crippen LogP contribution < -0.4 is 10.1 Å². The van der Waals surface area contributed by atoms with Gasteiger partial charge in [0, 0.05) is 6.54 Å². The largest absolute Gasteiger partial charge is 0.491 e. The number of hydrogen-bond donors (Lipinski definition) is 1. The Morgan fingerprint density at radius 2 is 2.05 bits per heavy atom. The first-order valence-corrected chi connectivity index (χ1v) is 7.15. The van der Waals surface area contributed by atoms with Gasteiger partial charge in [-0.15, -0.1) is 0 Å². The second-order valence-corrected chi connectivity index (χ2v) is 5.10. The quantitative estimate of drug-likeness (QED) is 0.875. The van der Waals surface area contributed by atoms with Gasteiger partial charge in [-0.25, -0.2) is 0 Å². The van der Waals surface area contributed by atoms with Crippen molar-refractivity contribution in [2.75, 3.05) is 19.7 Å². The molecule has 1 aromatic carbocycles. The number of alkyl halides is 3. The van der Waals surface area contributed by atoms with Crippen molar-refractivity contribution in [3.05, 3.63) is 29.8 Å². The Hall–Kier alpha value is -1.27. The first kappa shape index (κ1) is 16.1. The van der Waals surface area contributed by atoms with Gasteiger partial charge >= 0.3 is 6.18 Å². The molecule has 21 heavy (non-hydrogen) atoms. The maximum Gasteiger partial charge on any atom is 0.416 e. The van der Waals surface area contributed by atoms with Gasteiger partial charge in [0.2, 0.25) is 0 Å². The molecule has 2 rings (SSSR count). The molecule has 118 valence electrons. The maximum absolute atomic E-state index is 12.6. The summed E-state index contributed by atoms with van der Waals surface area (Å²) in [4.78, 5) is 0. The zero-order valence-electron chi connectivity index (χ0n) is 12.0. The van der Waals surface area contributed by atoms with E-state index in [9.17, 15) is 13.2 Å². The average molecular weight is 303 g/mol. The van der Waals surface area contributed by atoms with Crippen LogP contribution in [0.25, 0.3) is 0 Å². The van der Waals surface area contributed by atoms with Crippen LogP contribution in [-0.4, -0.2) is 31.9 Å². The van der Waals surface area contributed by atoms with Crippen molar-refractivity contribution in [1.82, 2.24) is 5.32 Å². The smallest absolute Gasteiger partial charge is 0.416 e. The van der Waals surface area contributed by atoms with Crippen molar-refractivity contribution >= 4 is 0 Å². The van der Waals surface area contributed by atoms with Gasteiger partial charge in [0.15, 0.2) is 0 Å². The summed E-state index contributed by atoms with van der Waals surface area (Å²) >= 11 is 0. The van der Waals surface area contributed by atoms with Gasteiger partial charge in [0.05, 0.1) is 17.8 Å². The highest BCUT2D eigenvalue weighted by molar-refractivity contribution is 5.30. The fraction of sp³-hybridized carbons (Fsp3) is 0.600. The predicted molar refractivity (Wildman–Crippen MR) is 73.4 cm³/mol. The third-order valence-electron chi connectivity index (χ3n) is 3.41. The Morgan fingerprint density at radius 3 is 2.76 bits per heavy atom. The molecule has 0 bridgehead atoms. The average Bonchev–Trinajstić information content (AvgIpc) is 2.90. The van der Waals surface area contributed by atoms with Gasteiger partial charge in [-0.3, -0.25) is 0 Å². The van der Waals surface area contributed by atoms with E-state index in [-0.39, 0.29) is 24.6 Å². The van der Waals surface area contributed by atoms with Crippen LogP contribution in [0.15, 0.2) is 24.3 Å².